The zero-order chi connectivity index (χ0) is 20.0. The molecule has 3 atom stereocenters. The van der Waals surface area contributed by atoms with Crippen LogP contribution in [0.15, 0.2) is 0 Å². The van der Waals surface area contributed by atoms with Crippen LogP contribution in [0.3, 0.4) is 0 Å². The largest absolute Gasteiger partial charge is 0.456 e. The molecule has 0 aromatic heterocycles. The number of nitrogens with zero attached hydrogens (tertiary/aromatic N) is 1. The van der Waals surface area contributed by atoms with Gasteiger partial charge in [0.1, 0.15) is 0 Å². The maximum atomic E-state index is 12.3. The average molecular weight is 381 g/mol. The first-order valence-corrected chi connectivity index (χ1v) is 9.44. The predicted octanol–water partition coefficient (Wildman–Crippen LogP) is 0.719. The summed E-state index contributed by atoms with van der Waals surface area (Å²) in [4.78, 5) is 60.6. The molecule has 1 aliphatic heterocycles. The highest BCUT2D eigenvalue weighted by molar-refractivity contribution is 6.05. The summed E-state index contributed by atoms with van der Waals surface area (Å²) in [6.07, 6.45) is 3.85. The third-order valence-electron chi connectivity index (χ3n) is 5.08. The summed E-state index contributed by atoms with van der Waals surface area (Å²) in [5.74, 6) is -2.38. The highest BCUT2D eigenvalue weighted by Crippen LogP contribution is 2.37. The number of hydrogen-bond acceptors (Lipinski definition) is 6. The van der Waals surface area contributed by atoms with Gasteiger partial charge in [0.05, 0.1) is 18.3 Å². The standard InChI is InChI=1S/C18H27N3O6/c1-3-11(2)19-18(26)20-14(22)10-27-15(23)8-9-21-16(24)12-6-4-5-7-13(12)17(21)25/h11-13H,3-10H2,1-2H3,(H2,19,20,22,26)/t11-,12+,13+/m1/s1. The lowest BCUT2D eigenvalue weighted by Crippen LogP contribution is -2.44. The first-order chi connectivity index (χ1) is 12.8. The van der Waals surface area contributed by atoms with Gasteiger partial charge in [-0.3, -0.25) is 29.4 Å². The number of esters is 1. The van der Waals surface area contributed by atoms with Gasteiger partial charge >= 0.3 is 12.0 Å². The normalized spacial score (nSPS) is 22.8. The average Bonchev–Trinajstić information content (AvgIpc) is 2.89. The van der Waals surface area contributed by atoms with E-state index in [9.17, 15) is 24.0 Å². The second-order valence-corrected chi connectivity index (χ2v) is 7.07. The van der Waals surface area contributed by atoms with Crippen LogP contribution < -0.4 is 10.6 Å². The van der Waals surface area contributed by atoms with E-state index in [1.807, 2.05) is 6.92 Å². The summed E-state index contributed by atoms with van der Waals surface area (Å²) in [6, 6.07) is -0.735. The highest BCUT2D eigenvalue weighted by atomic mass is 16.5. The van der Waals surface area contributed by atoms with Gasteiger partial charge in [-0.1, -0.05) is 19.8 Å². The fourth-order valence-electron chi connectivity index (χ4n) is 3.40. The zero-order valence-corrected chi connectivity index (χ0v) is 15.8. The van der Waals surface area contributed by atoms with Crippen LogP contribution in [-0.4, -0.2) is 53.8 Å². The van der Waals surface area contributed by atoms with Crippen molar-refractivity contribution in [2.75, 3.05) is 13.2 Å². The molecule has 0 aromatic rings. The number of carbonyl (C=O) groups is 5. The maximum Gasteiger partial charge on any atom is 0.321 e. The number of rotatable bonds is 7. The summed E-state index contributed by atoms with van der Waals surface area (Å²) in [6.45, 7) is 3.04. The van der Waals surface area contributed by atoms with Crippen molar-refractivity contribution in [3.05, 3.63) is 0 Å². The number of fused-ring (bicyclic) bond motifs is 1. The molecule has 1 aliphatic carbocycles. The van der Waals surface area contributed by atoms with Crippen molar-refractivity contribution in [1.82, 2.24) is 15.5 Å². The fourth-order valence-corrected chi connectivity index (χ4v) is 3.40. The molecule has 0 unspecified atom stereocenters. The van der Waals surface area contributed by atoms with Crippen LogP contribution in [0, 0.1) is 11.8 Å². The van der Waals surface area contributed by atoms with Crippen LogP contribution in [0.2, 0.25) is 0 Å². The van der Waals surface area contributed by atoms with Gasteiger partial charge in [0.2, 0.25) is 11.8 Å². The van der Waals surface area contributed by atoms with E-state index < -0.39 is 24.5 Å². The Bertz CT molecular complexity index is 596. The van der Waals surface area contributed by atoms with E-state index in [0.29, 0.717) is 6.42 Å². The molecule has 9 heteroatoms. The molecular weight excluding hydrogens is 354 g/mol. The molecule has 150 valence electrons. The minimum Gasteiger partial charge on any atom is -0.456 e. The number of hydrogen-bond donors (Lipinski definition) is 2. The van der Waals surface area contributed by atoms with Gasteiger partial charge in [-0.15, -0.1) is 0 Å². The number of ether oxygens (including phenoxy) is 1. The zero-order valence-electron chi connectivity index (χ0n) is 15.8. The summed E-state index contributed by atoms with van der Waals surface area (Å²) >= 11 is 0. The molecule has 0 bridgehead atoms. The molecule has 1 heterocycles. The van der Waals surface area contributed by atoms with Crippen LogP contribution in [0.5, 0.6) is 0 Å². The van der Waals surface area contributed by atoms with Crippen LogP contribution in [0.1, 0.15) is 52.4 Å². The third kappa shape index (κ3) is 5.51. The van der Waals surface area contributed by atoms with E-state index in [4.69, 9.17) is 4.74 Å². The van der Waals surface area contributed by atoms with Gasteiger partial charge in [-0.2, -0.15) is 0 Å². The lowest BCUT2D eigenvalue weighted by Gasteiger charge is -2.19. The van der Waals surface area contributed by atoms with Crippen molar-refractivity contribution in [1.29, 1.82) is 0 Å². The van der Waals surface area contributed by atoms with E-state index in [1.165, 1.54) is 0 Å². The van der Waals surface area contributed by atoms with Crippen molar-refractivity contribution < 1.29 is 28.7 Å². The molecule has 2 rings (SSSR count). The van der Waals surface area contributed by atoms with Gasteiger partial charge in [-0.05, 0) is 26.2 Å². The Balaban J connectivity index is 1.70. The lowest BCUT2D eigenvalue weighted by molar-refractivity contribution is -0.149. The van der Waals surface area contributed by atoms with Crippen molar-refractivity contribution >= 4 is 29.7 Å². The SMILES string of the molecule is CC[C@@H](C)NC(=O)NC(=O)COC(=O)CCN1C(=O)[C@H]2CCCC[C@@H]2C1=O. The number of urea groups is 1. The van der Waals surface area contributed by atoms with E-state index in [1.54, 1.807) is 6.92 Å². The topological polar surface area (TPSA) is 122 Å². The summed E-state index contributed by atoms with van der Waals surface area (Å²) < 4.78 is 4.80. The van der Waals surface area contributed by atoms with Gasteiger partial charge < -0.3 is 10.1 Å². The van der Waals surface area contributed by atoms with Crippen molar-refractivity contribution in [3.8, 4) is 0 Å². The van der Waals surface area contributed by atoms with Crippen LogP contribution >= 0.6 is 0 Å². The predicted molar refractivity (Wildman–Crippen MR) is 94.2 cm³/mol. The van der Waals surface area contributed by atoms with E-state index in [0.717, 1.165) is 30.6 Å². The fraction of sp³-hybridized carbons (Fsp3) is 0.722. The van der Waals surface area contributed by atoms with Crippen molar-refractivity contribution in [2.24, 2.45) is 11.8 Å². The molecule has 0 radical (unpaired) electrons. The second kappa shape index (κ2) is 9.48. The molecule has 1 saturated heterocycles. The van der Waals surface area contributed by atoms with Crippen LogP contribution in [-0.2, 0) is 23.9 Å². The second-order valence-electron chi connectivity index (χ2n) is 7.07. The van der Waals surface area contributed by atoms with E-state index in [2.05, 4.69) is 10.6 Å². The Labute approximate surface area is 158 Å². The highest BCUT2D eigenvalue weighted by Gasteiger charge is 2.47. The monoisotopic (exact) mass is 381 g/mol. The molecule has 0 aromatic carbocycles. The molecule has 27 heavy (non-hydrogen) atoms. The number of imide groups is 2. The first kappa shape index (κ1) is 20.9. The number of nitrogens with one attached hydrogen (secondary N) is 2. The minimum atomic E-state index is -0.747. The molecular formula is C18H27N3O6. The summed E-state index contributed by atoms with van der Waals surface area (Å²) in [7, 11) is 0. The minimum absolute atomic E-state index is 0.0420. The molecule has 0 spiro atoms. The Hall–Kier alpha value is -2.45. The molecule has 2 fully saturated rings. The Morgan fingerprint density at radius 2 is 1.74 bits per heavy atom. The number of amides is 5. The Kier molecular flexibility index (Phi) is 7.32. The number of carbonyl (C=O) groups excluding carboxylic acids is 5. The van der Waals surface area contributed by atoms with Crippen LogP contribution in [0.25, 0.3) is 0 Å². The van der Waals surface area contributed by atoms with Gasteiger partial charge in [-0.25, -0.2) is 4.79 Å². The number of likely N-dealkylation sites (tertiary alicyclic amines) is 1. The Morgan fingerprint density at radius 3 is 2.30 bits per heavy atom. The quantitative estimate of drug-likeness (QED) is 0.495. The van der Waals surface area contributed by atoms with Crippen molar-refractivity contribution in [2.45, 2.75) is 58.4 Å². The van der Waals surface area contributed by atoms with E-state index >= 15 is 0 Å². The lowest BCUT2D eigenvalue weighted by atomic mass is 9.81. The Morgan fingerprint density at radius 1 is 1.15 bits per heavy atom. The third-order valence-corrected chi connectivity index (χ3v) is 5.08. The van der Waals surface area contributed by atoms with Gasteiger partial charge in [0.15, 0.2) is 6.61 Å². The molecule has 9 nitrogen and oxygen atoms in total. The summed E-state index contributed by atoms with van der Waals surface area (Å²) in [5.41, 5.74) is 0. The van der Waals surface area contributed by atoms with Crippen LogP contribution in [0.4, 0.5) is 4.79 Å². The van der Waals surface area contributed by atoms with E-state index in [-0.39, 0.29) is 42.7 Å². The molecule has 1 saturated carbocycles. The molecule has 5 amide bonds. The van der Waals surface area contributed by atoms with Gasteiger partial charge in [0, 0.05) is 12.6 Å². The first-order valence-electron chi connectivity index (χ1n) is 9.44. The van der Waals surface area contributed by atoms with Gasteiger partial charge in [0.25, 0.3) is 5.91 Å². The maximum absolute atomic E-state index is 12.3. The molecule has 2 N–H and O–H groups in total. The van der Waals surface area contributed by atoms with Crippen molar-refractivity contribution in [3.63, 3.8) is 0 Å². The summed E-state index contributed by atoms with van der Waals surface area (Å²) in [5, 5.41) is 4.61. The smallest absolute Gasteiger partial charge is 0.321 e. The molecule has 2 aliphatic rings.